The molecule has 1 rings (SSSR count). The van der Waals surface area contributed by atoms with Gasteiger partial charge in [0.25, 0.3) is 0 Å². The van der Waals surface area contributed by atoms with Crippen molar-refractivity contribution in [2.45, 2.75) is 6.17 Å². The van der Waals surface area contributed by atoms with Gasteiger partial charge in [0.05, 0.1) is 6.17 Å². The number of piperazine rings is 1. The van der Waals surface area contributed by atoms with E-state index in [-0.39, 0.29) is 6.17 Å². The molecule has 5 nitrogen and oxygen atoms in total. The molecule has 12 heavy (non-hydrogen) atoms. The number of likely N-dealkylation sites (N-methyl/N-ethyl adjacent to an activating group) is 1. The van der Waals surface area contributed by atoms with Crippen LogP contribution in [0.25, 0.3) is 0 Å². The fourth-order valence-corrected chi connectivity index (χ4v) is 1.35. The molecule has 0 bridgehead atoms. The lowest BCUT2D eigenvalue weighted by Crippen LogP contribution is -2.51. The van der Waals surface area contributed by atoms with Crippen molar-refractivity contribution in [1.82, 2.24) is 15.3 Å². The van der Waals surface area contributed by atoms with Gasteiger partial charge in [0.15, 0.2) is 0 Å². The molecule has 0 aliphatic carbocycles. The lowest BCUT2D eigenvalue weighted by atomic mass is 10.3. The number of hydroxylamine groups is 1. The Morgan fingerprint density at radius 1 is 1.42 bits per heavy atom. The Morgan fingerprint density at radius 2 is 2.00 bits per heavy atom. The summed E-state index contributed by atoms with van der Waals surface area (Å²) in [5, 5.41) is 8.51. The van der Waals surface area contributed by atoms with Crippen LogP contribution in [0.4, 0.5) is 0 Å². The van der Waals surface area contributed by atoms with E-state index >= 15 is 0 Å². The predicted octanol–water partition coefficient (Wildman–Crippen LogP) is -1.50. The second-order valence-electron chi connectivity index (χ2n) is 3.34. The van der Waals surface area contributed by atoms with Crippen LogP contribution in [0.2, 0.25) is 0 Å². The van der Waals surface area contributed by atoms with Crippen molar-refractivity contribution in [1.29, 1.82) is 0 Å². The first kappa shape index (κ1) is 9.88. The highest BCUT2D eigenvalue weighted by Crippen LogP contribution is 1.98. The zero-order chi connectivity index (χ0) is 8.97. The summed E-state index contributed by atoms with van der Waals surface area (Å²) in [4.78, 5) is 4.53. The van der Waals surface area contributed by atoms with Gasteiger partial charge in [-0.2, -0.15) is 5.48 Å². The van der Waals surface area contributed by atoms with Crippen LogP contribution in [0.1, 0.15) is 0 Å². The molecule has 1 unspecified atom stereocenters. The Bertz CT molecular complexity index is 125. The van der Waals surface area contributed by atoms with Gasteiger partial charge in [-0.1, -0.05) is 0 Å². The van der Waals surface area contributed by atoms with Gasteiger partial charge >= 0.3 is 0 Å². The van der Waals surface area contributed by atoms with E-state index in [0.717, 1.165) is 26.2 Å². The standard InChI is InChI=1S/C7H18N4O/c1-10-2-4-11(5-3-10)6-7(8)9-12/h7,9,12H,2-6,8H2,1H3. The van der Waals surface area contributed by atoms with Crippen LogP contribution in [0, 0.1) is 0 Å². The van der Waals surface area contributed by atoms with Crippen LogP contribution < -0.4 is 11.2 Å². The largest absolute Gasteiger partial charge is 0.315 e. The van der Waals surface area contributed by atoms with Crippen molar-refractivity contribution in [2.75, 3.05) is 39.8 Å². The minimum Gasteiger partial charge on any atom is -0.315 e. The molecular formula is C7H18N4O. The molecular weight excluding hydrogens is 156 g/mol. The first-order valence-electron chi connectivity index (χ1n) is 4.28. The summed E-state index contributed by atoms with van der Waals surface area (Å²) >= 11 is 0. The summed E-state index contributed by atoms with van der Waals surface area (Å²) < 4.78 is 0. The molecule has 1 saturated heterocycles. The molecule has 5 heteroatoms. The molecule has 1 atom stereocenters. The van der Waals surface area contributed by atoms with E-state index in [1.165, 1.54) is 0 Å². The van der Waals surface area contributed by atoms with Crippen molar-refractivity contribution in [3.05, 3.63) is 0 Å². The van der Waals surface area contributed by atoms with Gasteiger partial charge in [-0.3, -0.25) is 4.90 Å². The fourth-order valence-electron chi connectivity index (χ4n) is 1.35. The van der Waals surface area contributed by atoms with E-state index in [0.29, 0.717) is 6.54 Å². The van der Waals surface area contributed by atoms with Gasteiger partial charge in [-0.05, 0) is 7.05 Å². The van der Waals surface area contributed by atoms with Gasteiger partial charge < -0.3 is 15.8 Å². The highest BCUT2D eigenvalue weighted by molar-refractivity contribution is 4.71. The summed E-state index contributed by atoms with van der Waals surface area (Å²) in [6, 6.07) is 0. The molecule has 1 fully saturated rings. The zero-order valence-electron chi connectivity index (χ0n) is 7.53. The second-order valence-corrected chi connectivity index (χ2v) is 3.34. The number of hydrogen-bond acceptors (Lipinski definition) is 5. The van der Waals surface area contributed by atoms with Gasteiger partial charge in [0.2, 0.25) is 0 Å². The normalized spacial score (nSPS) is 24.2. The minimum absolute atomic E-state index is 0.326. The first-order valence-corrected chi connectivity index (χ1v) is 4.28. The summed E-state index contributed by atoms with van der Waals surface area (Å²) in [5.41, 5.74) is 7.57. The molecule has 0 aromatic heterocycles. The molecule has 1 aliphatic rings. The van der Waals surface area contributed by atoms with Crippen molar-refractivity contribution in [2.24, 2.45) is 5.73 Å². The number of nitrogens with zero attached hydrogens (tertiary/aromatic N) is 2. The molecule has 4 N–H and O–H groups in total. The van der Waals surface area contributed by atoms with E-state index in [1.54, 1.807) is 0 Å². The van der Waals surface area contributed by atoms with E-state index in [9.17, 15) is 0 Å². The average molecular weight is 174 g/mol. The van der Waals surface area contributed by atoms with E-state index in [2.05, 4.69) is 16.8 Å². The van der Waals surface area contributed by atoms with Crippen molar-refractivity contribution in [3.8, 4) is 0 Å². The van der Waals surface area contributed by atoms with Gasteiger partial charge in [0, 0.05) is 32.7 Å². The topological polar surface area (TPSA) is 64.8 Å². The maximum Gasteiger partial charge on any atom is 0.0913 e. The van der Waals surface area contributed by atoms with Crippen LogP contribution in [-0.4, -0.2) is 60.9 Å². The van der Waals surface area contributed by atoms with Crippen molar-refractivity contribution < 1.29 is 5.21 Å². The van der Waals surface area contributed by atoms with E-state index in [4.69, 9.17) is 10.9 Å². The van der Waals surface area contributed by atoms with Gasteiger partial charge in [-0.15, -0.1) is 0 Å². The summed E-state index contributed by atoms with van der Waals surface area (Å²) in [7, 11) is 2.11. The maximum atomic E-state index is 8.51. The van der Waals surface area contributed by atoms with E-state index in [1.807, 2.05) is 5.48 Å². The lowest BCUT2D eigenvalue weighted by Gasteiger charge is -2.33. The number of nitrogens with two attached hydrogens (primary N) is 1. The van der Waals surface area contributed by atoms with Crippen LogP contribution in [0.15, 0.2) is 0 Å². The molecule has 0 aromatic rings. The second kappa shape index (κ2) is 4.74. The van der Waals surface area contributed by atoms with Crippen LogP contribution in [-0.2, 0) is 0 Å². The van der Waals surface area contributed by atoms with E-state index < -0.39 is 0 Å². The summed E-state index contributed by atoms with van der Waals surface area (Å²) in [5.74, 6) is 0. The molecule has 1 aliphatic heterocycles. The molecule has 0 amide bonds. The maximum absolute atomic E-state index is 8.51. The Kier molecular flexibility index (Phi) is 3.90. The van der Waals surface area contributed by atoms with Crippen molar-refractivity contribution >= 4 is 0 Å². The molecule has 0 aromatic carbocycles. The third-order valence-electron chi connectivity index (χ3n) is 2.22. The quantitative estimate of drug-likeness (QED) is 0.359. The summed E-state index contributed by atoms with van der Waals surface area (Å²) in [6.45, 7) is 4.94. The van der Waals surface area contributed by atoms with Gasteiger partial charge in [-0.25, -0.2) is 0 Å². The number of nitrogens with one attached hydrogen (secondary N) is 1. The van der Waals surface area contributed by atoms with Crippen molar-refractivity contribution in [3.63, 3.8) is 0 Å². The number of hydrogen-bond donors (Lipinski definition) is 3. The summed E-state index contributed by atoms with van der Waals surface area (Å²) in [6.07, 6.45) is -0.326. The minimum atomic E-state index is -0.326. The highest BCUT2D eigenvalue weighted by Gasteiger charge is 2.15. The first-order chi connectivity index (χ1) is 5.72. The molecule has 0 spiro atoms. The lowest BCUT2D eigenvalue weighted by molar-refractivity contribution is 0.0836. The third-order valence-corrected chi connectivity index (χ3v) is 2.22. The molecule has 0 saturated carbocycles. The average Bonchev–Trinajstić information content (AvgIpc) is 2.09. The Balaban J connectivity index is 2.17. The Morgan fingerprint density at radius 3 is 2.50 bits per heavy atom. The smallest absolute Gasteiger partial charge is 0.0913 e. The van der Waals surface area contributed by atoms with Gasteiger partial charge in [0.1, 0.15) is 0 Å². The zero-order valence-corrected chi connectivity index (χ0v) is 7.53. The number of rotatable bonds is 3. The molecule has 0 radical (unpaired) electrons. The third kappa shape index (κ3) is 3.04. The highest BCUT2D eigenvalue weighted by atomic mass is 16.5. The van der Waals surface area contributed by atoms with Crippen LogP contribution >= 0.6 is 0 Å². The fraction of sp³-hybridized carbons (Fsp3) is 1.00. The predicted molar refractivity (Wildman–Crippen MR) is 46.8 cm³/mol. The SMILES string of the molecule is CN1CCN(CC(N)NO)CC1. The Labute approximate surface area is 73.1 Å². The Hall–Kier alpha value is -0.200. The monoisotopic (exact) mass is 174 g/mol. The van der Waals surface area contributed by atoms with Crippen LogP contribution in [0.3, 0.4) is 0 Å². The molecule has 1 heterocycles. The molecule has 72 valence electrons. The van der Waals surface area contributed by atoms with Crippen LogP contribution in [0.5, 0.6) is 0 Å².